The normalized spacial score (nSPS) is 18.1. The molecule has 0 aliphatic heterocycles. The van der Waals surface area contributed by atoms with Gasteiger partial charge in [-0.2, -0.15) is 0 Å². The third-order valence-corrected chi connectivity index (χ3v) is 3.84. The average Bonchev–Trinajstić information content (AvgIpc) is 2.93. The van der Waals surface area contributed by atoms with E-state index in [0.29, 0.717) is 12.7 Å². The van der Waals surface area contributed by atoms with Crippen molar-refractivity contribution in [2.45, 2.75) is 51.2 Å². The molecule has 0 spiro atoms. The van der Waals surface area contributed by atoms with Crippen LogP contribution in [0.5, 0.6) is 0 Å². The predicted molar refractivity (Wildman–Crippen MR) is 80.1 cm³/mol. The number of hydrogen-bond acceptors (Lipinski definition) is 4. The molecule has 1 atom stereocenters. The third kappa shape index (κ3) is 4.49. The van der Waals surface area contributed by atoms with E-state index in [1.165, 1.54) is 32.1 Å². The summed E-state index contributed by atoms with van der Waals surface area (Å²) in [6.45, 7) is 4.35. The summed E-state index contributed by atoms with van der Waals surface area (Å²) in [5.41, 5.74) is 0. The van der Waals surface area contributed by atoms with E-state index >= 15 is 0 Å². The zero-order chi connectivity index (χ0) is 14.2. The van der Waals surface area contributed by atoms with Crippen molar-refractivity contribution < 1.29 is 9.47 Å². The van der Waals surface area contributed by atoms with Gasteiger partial charge in [-0.1, -0.05) is 19.3 Å². The number of ether oxygens (including phenoxy) is 2. The second kappa shape index (κ2) is 8.27. The monoisotopic (exact) mass is 281 g/mol. The van der Waals surface area contributed by atoms with Gasteiger partial charge in [-0.25, -0.2) is 4.98 Å². The van der Waals surface area contributed by atoms with Crippen LogP contribution in [0.1, 0.15) is 45.1 Å². The maximum absolute atomic E-state index is 5.90. The largest absolute Gasteiger partial charge is 0.383 e. The maximum atomic E-state index is 5.90. The van der Waals surface area contributed by atoms with Crippen LogP contribution in [0, 0.1) is 0 Å². The van der Waals surface area contributed by atoms with Crippen molar-refractivity contribution in [1.82, 2.24) is 9.55 Å². The first-order chi connectivity index (χ1) is 9.81. The molecule has 1 aromatic rings. The summed E-state index contributed by atoms with van der Waals surface area (Å²) >= 11 is 0. The van der Waals surface area contributed by atoms with Gasteiger partial charge in [-0.3, -0.25) is 0 Å². The molecule has 1 heterocycles. The van der Waals surface area contributed by atoms with E-state index < -0.39 is 0 Å². The number of nitrogens with one attached hydrogen (secondary N) is 1. The molecule has 1 aliphatic rings. The van der Waals surface area contributed by atoms with Gasteiger partial charge in [0.05, 0.1) is 25.4 Å². The first-order valence-corrected chi connectivity index (χ1v) is 7.68. The van der Waals surface area contributed by atoms with Crippen molar-refractivity contribution in [3.05, 3.63) is 12.4 Å². The highest BCUT2D eigenvalue weighted by atomic mass is 16.5. The summed E-state index contributed by atoms with van der Waals surface area (Å²) in [5, 5.41) is 3.34. The van der Waals surface area contributed by atoms with Crippen LogP contribution in [0.3, 0.4) is 0 Å². The lowest BCUT2D eigenvalue weighted by Crippen LogP contribution is -2.22. The molecule has 0 radical (unpaired) electrons. The predicted octanol–water partition coefficient (Wildman–Crippen LogP) is 2.85. The van der Waals surface area contributed by atoms with Gasteiger partial charge in [-0.15, -0.1) is 0 Å². The van der Waals surface area contributed by atoms with Gasteiger partial charge < -0.3 is 19.4 Å². The fourth-order valence-electron chi connectivity index (χ4n) is 2.75. The standard InChI is InChI=1S/C15H27N3O2/c1-13(12-19-2)18-10-8-16-15(18)17-9-11-20-14-6-4-3-5-7-14/h8,10,13-14H,3-7,9,11-12H2,1-2H3,(H,16,17). The van der Waals surface area contributed by atoms with Gasteiger partial charge in [0.1, 0.15) is 0 Å². The fourth-order valence-corrected chi connectivity index (χ4v) is 2.75. The minimum atomic E-state index is 0.282. The van der Waals surface area contributed by atoms with E-state index in [-0.39, 0.29) is 6.04 Å². The number of nitrogens with zero attached hydrogens (tertiary/aromatic N) is 2. The van der Waals surface area contributed by atoms with Crippen LogP contribution < -0.4 is 5.32 Å². The molecule has 1 saturated carbocycles. The molecule has 0 saturated heterocycles. The molecule has 1 N–H and O–H groups in total. The molecule has 2 rings (SSSR count). The van der Waals surface area contributed by atoms with Gasteiger partial charge >= 0.3 is 0 Å². The fraction of sp³-hybridized carbons (Fsp3) is 0.800. The van der Waals surface area contributed by atoms with Gasteiger partial charge in [0.2, 0.25) is 5.95 Å². The number of aromatic nitrogens is 2. The summed E-state index contributed by atoms with van der Waals surface area (Å²) in [5.74, 6) is 0.891. The molecule has 0 bridgehead atoms. The van der Waals surface area contributed by atoms with Crippen LogP contribution in [0.25, 0.3) is 0 Å². The number of anilines is 1. The molecule has 0 amide bonds. The highest BCUT2D eigenvalue weighted by Crippen LogP contribution is 2.20. The number of methoxy groups -OCH3 is 1. The van der Waals surface area contributed by atoms with Crippen LogP contribution >= 0.6 is 0 Å². The second-order valence-electron chi connectivity index (χ2n) is 5.52. The molecule has 5 nitrogen and oxygen atoms in total. The molecule has 1 aromatic heterocycles. The molecular formula is C15H27N3O2. The summed E-state index contributed by atoms with van der Waals surface area (Å²) in [7, 11) is 1.72. The maximum Gasteiger partial charge on any atom is 0.203 e. The minimum absolute atomic E-state index is 0.282. The van der Waals surface area contributed by atoms with E-state index in [1.54, 1.807) is 7.11 Å². The van der Waals surface area contributed by atoms with E-state index in [0.717, 1.165) is 19.1 Å². The highest BCUT2D eigenvalue weighted by molar-refractivity contribution is 5.26. The van der Waals surface area contributed by atoms with Crippen molar-refractivity contribution in [3.63, 3.8) is 0 Å². The highest BCUT2D eigenvalue weighted by Gasteiger charge is 2.13. The third-order valence-electron chi connectivity index (χ3n) is 3.84. The van der Waals surface area contributed by atoms with Crippen LogP contribution in [0.2, 0.25) is 0 Å². The average molecular weight is 281 g/mol. The Bertz CT molecular complexity index is 375. The van der Waals surface area contributed by atoms with Crippen LogP contribution in [0.4, 0.5) is 5.95 Å². The SMILES string of the molecule is COCC(C)n1ccnc1NCCOC1CCCCC1. The van der Waals surface area contributed by atoms with E-state index in [9.17, 15) is 0 Å². The van der Waals surface area contributed by atoms with Gasteiger partial charge in [0.15, 0.2) is 0 Å². The first kappa shape index (κ1) is 15.3. The van der Waals surface area contributed by atoms with E-state index in [1.807, 2.05) is 12.4 Å². The lowest BCUT2D eigenvalue weighted by Gasteiger charge is -2.22. The molecular weight excluding hydrogens is 254 g/mol. The Kier molecular flexibility index (Phi) is 6.33. The zero-order valence-electron chi connectivity index (χ0n) is 12.7. The van der Waals surface area contributed by atoms with Gasteiger partial charge in [-0.05, 0) is 19.8 Å². The topological polar surface area (TPSA) is 48.3 Å². The molecule has 114 valence electrons. The number of imidazole rings is 1. The molecule has 1 unspecified atom stereocenters. The molecule has 0 aromatic carbocycles. The Morgan fingerprint density at radius 2 is 2.20 bits per heavy atom. The summed E-state index contributed by atoms with van der Waals surface area (Å²) in [6.07, 6.45) is 10.7. The van der Waals surface area contributed by atoms with Crippen LogP contribution in [0.15, 0.2) is 12.4 Å². The number of rotatable bonds is 8. The first-order valence-electron chi connectivity index (χ1n) is 7.68. The Morgan fingerprint density at radius 3 is 2.95 bits per heavy atom. The van der Waals surface area contributed by atoms with Crippen molar-refractivity contribution >= 4 is 5.95 Å². The molecule has 20 heavy (non-hydrogen) atoms. The number of hydrogen-bond donors (Lipinski definition) is 1. The molecule has 1 fully saturated rings. The summed E-state index contributed by atoms with van der Waals surface area (Å²) < 4.78 is 13.2. The van der Waals surface area contributed by atoms with E-state index in [2.05, 4.69) is 21.8 Å². The summed E-state index contributed by atoms with van der Waals surface area (Å²) in [6, 6.07) is 0.282. The van der Waals surface area contributed by atoms with Gasteiger partial charge in [0.25, 0.3) is 0 Å². The summed E-state index contributed by atoms with van der Waals surface area (Å²) in [4.78, 5) is 4.34. The molecule has 1 aliphatic carbocycles. The Balaban J connectivity index is 1.69. The Hall–Kier alpha value is -1.07. The zero-order valence-corrected chi connectivity index (χ0v) is 12.7. The van der Waals surface area contributed by atoms with Crippen molar-refractivity contribution in [3.8, 4) is 0 Å². The lowest BCUT2D eigenvalue weighted by molar-refractivity contribution is 0.0346. The van der Waals surface area contributed by atoms with E-state index in [4.69, 9.17) is 9.47 Å². The second-order valence-corrected chi connectivity index (χ2v) is 5.52. The smallest absolute Gasteiger partial charge is 0.203 e. The van der Waals surface area contributed by atoms with Crippen LogP contribution in [-0.4, -0.2) is 42.5 Å². The van der Waals surface area contributed by atoms with Crippen molar-refractivity contribution in [1.29, 1.82) is 0 Å². The van der Waals surface area contributed by atoms with Crippen molar-refractivity contribution in [2.75, 3.05) is 32.2 Å². The Morgan fingerprint density at radius 1 is 1.40 bits per heavy atom. The lowest BCUT2D eigenvalue weighted by atomic mass is 9.98. The minimum Gasteiger partial charge on any atom is -0.383 e. The van der Waals surface area contributed by atoms with Crippen LogP contribution in [-0.2, 0) is 9.47 Å². The van der Waals surface area contributed by atoms with Crippen molar-refractivity contribution in [2.24, 2.45) is 0 Å². The Labute approximate surface area is 121 Å². The van der Waals surface area contributed by atoms with Gasteiger partial charge in [0, 0.05) is 26.0 Å². The molecule has 5 heteroatoms. The quantitative estimate of drug-likeness (QED) is 0.744.